The molecule has 0 bridgehead atoms. The number of nitrogens with two attached hydrogens (primary N) is 1. The molecule has 4 N–H and O–H groups in total. The molecule has 0 heterocycles. The van der Waals surface area contributed by atoms with Crippen LogP contribution in [-0.4, -0.2) is 23.1 Å². The molecule has 100 valence electrons. The number of carbonyl (C=O) groups is 1. The van der Waals surface area contributed by atoms with Gasteiger partial charge < -0.3 is 16.2 Å². The summed E-state index contributed by atoms with van der Waals surface area (Å²) in [6, 6.07) is 4.83. The van der Waals surface area contributed by atoms with Gasteiger partial charge in [0, 0.05) is 12.1 Å². The highest BCUT2D eigenvalue weighted by molar-refractivity contribution is 5.95. The quantitative estimate of drug-likeness (QED) is 0.747. The normalized spacial score (nSPS) is 11.3. The zero-order valence-corrected chi connectivity index (χ0v) is 11.3. The summed E-state index contributed by atoms with van der Waals surface area (Å²) in [6.07, 6.45) is 1.59. The first-order valence-electron chi connectivity index (χ1n) is 6.30. The lowest BCUT2D eigenvalue weighted by Gasteiger charge is -2.31. The average Bonchev–Trinajstić information content (AvgIpc) is 2.39. The second-order valence-corrected chi connectivity index (χ2v) is 4.65. The highest BCUT2D eigenvalue weighted by Gasteiger charge is 2.26. The van der Waals surface area contributed by atoms with E-state index in [-0.39, 0.29) is 17.2 Å². The Morgan fingerprint density at radius 3 is 2.44 bits per heavy atom. The minimum absolute atomic E-state index is 0.146. The summed E-state index contributed by atoms with van der Waals surface area (Å²) in [6.45, 7) is 6.21. The first kappa shape index (κ1) is 14.5. The van der Waals surface area contributed by atoms with Gasteiger partial charge in [0.05, 0.1) is 5.54 Å². The van der Waals surface area contributed by atoms with Crippen molar-refractivity contribution in [2.24, 2.45) is 5.73 Å². The Balaban J connectivity index is 2.90. The molecule has 1 aromatic rings. The van der Waals surface area contributed by atoms with Gasteiger partial charge in [-0.05, 0) is 43.5 Å². The molecule has 0 fully saturated rings. The number of hydrogen-bond donors (Lipinski definition) is 3. The number of amides is 1. The zero-order valence-electron chi connectivity index (χ0n) is 11.3. The molecule has 1 amide bonds. The Bertz CT molecular complexity index is 418. The van der Waals surface area contributed by atoms with Gasteiger partial charge in [0.15, 0.2) is 0 Å². The third-order valence-electron chi connectivity index (χ3n) is 3.58. The topological polar surface area (TPSA) is 75.3 Å². The van der Waals surface area contributed by atoms with Crippen LogP contribution in [0.15, 0.2) is 18.2 Å². The molecule has 0 saturated carbocycles. The van der Waals surface area contributed by atoms with Crippen molar-refractivity contribution in [3.05, 3.63) is 29.3 Å². The monoisotopic (exact) mass is 250 g/mol. The second kappa shape index (κ2) is 5.87. The Hall–Kier alpha value is -1.55. The summed E-state index contributed by atoms with van der Waals surface area (Å²) in [5.41, 5.74) is 6.65. The molecule has 4 heteroatoms. The molecule has 0 spiro atoms. The second-order valence-electron chi connectivity index (χ2n) is 4.65. The highest BCUT2D eigenvalue weighted by Crippen LogP contribution is 2.19. The maximum atomic E-state index is 12.2. The molecule has 1 aromatic carbocycles. The maximum absolute atomic E-state index is 12.2. The van der Waals surface area contributed by atoms with Crippen molar-refractivity contribution in [1.82, 2.24) is 5.32 Å². The zero-order chi connectivity index (χ0) is 13.8. The van der Waals surface area contributed by atoms with E-state index < -0.39 is 0 Å². The smallest absolute Gasteiger partial charge is 0.251 e. The van der Waals surface area contributed by atoms with E-state index >= 15 is 0 Å². The first-order chi connectivity index (χ1) is 8.48. The summed E-state index contributed by atoms with van der Waals surface area (Å²) < 4.78 is 0. The van der Waals surface area contributed by atoms with Crippen LogP contribution in [0.2, 0.25) is 0 Å². The van der Waals surface area contributed by atoms with Gasteiger partial charge in [-0.2, -0.15) is 0 Å². The van der Waals surface area contributed by atoms with E-state index in [1.165, 1.54) is 6.07 Å². The van der Waals surface area contributed by atoms with Crippen LogP contribution in [0.4, 0.5) is 0 Å². The number of aromatic hydroxyl groups is 1. The van der Waals surface area contributed by atoms with Crippen molar-refractivity contribution < 1.29 is 9.90 Å². The lowest BCUT2D eigenvalue weighted by molar-refractivity contribution is 0.0895. The number of nitrogens with one attached hydrogen (secondary N) is 1. The predicted octanol–water partition coefficient (Wildman–Crippen LogP) is 1.95. The Labute approximate surface area is 108 Å². The Morgan fingerprint density at radius 1 is 1.39 bits per heavy atom. The van der Waals surface area contributed by atoms with Crippen LogP contribution < -0.4 is 11.1 Å². The molecule has 0 saturated heterocycles. The van der Waals surface area contributed by atoms with Crippen molar-refractivity contribution in [3.63, 3.8) is 0 Å². The molecule has 18 heavy (non-hydrogen) atoms. The number of phenolic OH excluding ortho intramolecular Hbond substituents is 1. The number of phenols is 1. The van der Waals surface area contributed by atoms with Gasteiger partial charge >= 0.3 is 0 Å². The fourth-order valence-electron chi connectivity index (χ4n) is 1.88. The first-order valence-corrected chi connectivity index (χ1v) is 6.30. The van der Waals surface area contributed by atoms with Crippen LogP contribution in [-0.2, 0) is 0 Å². The molecule has 4 nitrogen and oxygen atoms in total. The van der Waals surface area contributed by atoms with Crippen LogP contribution in [0, 0.1) is 6.92 Å². The van der Waals surface area contributed by atoms with Crippen molar-refractivity contribution >= 4 is 5.91 Å². The third-order valence-corrected chi connectivity index (χ3v) is 3.58. The lowest BCUT2D eigenvalue weighted by atomic mass is 9.92. The molecule has 0 atom stereocenters. The Morgan fingerprint density at radius 2 is 2.00 bits per heavy atom. The van der Waals surface area contributed by atoms with E-state index in [0.717, 1.165) is 12.8 Å². The molecule has 0 unspecified atom stereocenters. The molecule has 0 aliphatic rings. The van der Waals surface area contributed by atoms with Gasteiger partial charge in [0.2, 0.25) is 0 Å². The molecule has 0 radical (unpaired) electrons. The molecule has 1 rings (SSSR count). The molecule has 0 aromatic heterocycles. The molecular formula is C14H22N2O2. The van der Waals surface area contributed by atoms with Crippen LogP contribution >= 0.6 is 0 Å². The van der Waals surface area contributed by atoms with E-state index in [1.807, 2.05) is 13.8 Å². The summed E-state index contributed by atoms with van der Waals surface area (Å²) >= 11 is 0. The fourth-order valence-corrected chi connectivity index (χ4v) is 1.88. The Kier molecular flexibility index (Phi) is 4.73. The minimum atomic E-state index is -0.344. The number of hydrogen-bond acceptors (Lipinski definition) is 3. The number of carbonyl (C=O) groups excluding carboxylic acids is 1. The molecule has 0 aliphatic carbocycles. The third kappa shape index (κ3) is 3.01. The number of rotatable bonds is 5. The largest absolute Gasteiger partial charge is 0.508 e. The average molecular weight is 250 g/mol. The lowest BCUT2D eigenvalue weighted by Crippen LogP contribution is -2.52. The van der Waals surface area contributed by atoms with Gasteiger partial charge in [-0.25, -0.2) is 0 Å². The van der Waals surface area contributed by atoms with Gasteiger partial charge in [-0.15, -0.1) is 0 Å². The van der Waals surface area contributed by atoms with E-state index in [9.17, 15) is 9.90 Å². The van der Waals surface area contributed by atoms with Crippen molar-refractivity contribution in [1.29, 1.82) is 0 Å². The highest BCUT2D eigenvalue weighted by atomic mass is 16.3. The maximum Gasteiger partial charge on any atom is 0.251 e. The molecular weight excluding hydrogens is 228 g/mol. The van der Waals surface area contributed by atoms with Gasteiger partial charge in [0.1, 0.15) is 5.75 Å². The predicted molar refractivity (Wildman–Crippen MR) is 72.7 cm³/mol. The summed E-state index contributed by atoms with van der Waals surface area (Å²) in [7, 11) is 0. The van der Waals surface area contributed by atoms with E-state index in [0.29, 0.717) is 17.7 Å². The van der Waals surface area contributed by atoms with Crippen molar-refractivity contribution in [2.45, 2.75) is 39.2 Å². The summed E-state index contributed by atoms with van der Waals surface area (Å²) in [5, 5.41) is 12.4. The van der Waals surface area contributed by atoms with E-state index in [2.05, 4.69) is 5.32 Å². The van der Waals surface area contributed by atoms with Crippen LogP contribution in [0.3, 0.4) is 0 Å². The van der Waals surface area contributed by atoms with Gasteiger partial charge in [-0.1, -0.05) is 13.8 Å². The van der Waals surface area contributed by atoms with Gasteiger partial charge in [-0.3, -0.25) is 4.79 Å². The number of aryl methyl sites for hydroxylation is 1. The van der Waals surface area contributed by atoms with Crippen molar-refractivity contribution in [3.8, 4) is 5.75 Å². The summed E-state index contributed by atoms with van der Waals surface area (Å²) in [4.78, 5) is 12.2. The van der Waals surface area contributed by atoms with Crippen molar-refractivity contribution in [2.75, 3.05) is 6.54 Å². The van der Waals surface area contributed by atoms with E-state index in [1.54, 1.807) is 19.1 Å². The SMILES string of the molecule is CCC(CC)(CN)NC(=O)c1ccc(O)c(C)c1. The summed E-state index contributed by atoms with van der Waals surface area (Å²) in [5.74, 6) is 0.0508. The standard InChI is InChI=1S/C14H22N2O2/c1-4-14(5-2,9-15)16-13(18)11-6-7-12(17)10(3)8-11/h6-8,17H,4-5,9,15H2,1-3H3,(H,16,18). The number of benzene rings is 1. The van der Waals surface area contributed by atoms with Crippen LogP contribution in [0.25, 0.3) is 0 Å². The van der Waals surface area contributed by atoms with Crippen LogP contribution in [0.1, 0.15) is 42.6 Å². The van der Waals surface area contributed by atoms with Crippen LogP contribution in [0.5, 0.6) is 5.75 Å². The van der Waals surface area contributed by atoms with E-state index in [4.69, 9.17) is 5.73 Å². The van der Waals surface area contributed by atoms with Gasteiger partial charge in [0.25, 0.3) is 5.91 Å². The fraction of sp³-hybridized carbons (Fsp3) is 0.500. The minimum Gasteiger partial charge on any atom is -0.508 e. The molecule has 0 aliphatic heterocycles.